The van der Waals surface area contributed by atoms with Crippen molar-refractivity contribution in [2.75, 3.05) is 30.3 Å². The summed E-state index contributed by atoms with van der Waals surface area (Å²) in [7, 11) is 0. The number of amides is 1. The highest BCUT2D eigenvalue weighted by Crippen LogP contribution is 2.31. The molecule has 2 rings (SSSR count). The van der Waals surface area contributed by atoms with Crippen LogP contribution in [0.1, 0.15) is 18.9 Å². The van der Waals surface area contributed by atoms with E-state index in [2.05, 4.69) is 35.6 Å². The van der Waals surface area contributed by atoms with E-state index in [-0.39, 0.29) is 24.1 Å². The lowest BCUT2D eigenvalue weighted by Crippen LogP contribution is -2.30. The lowest BCUT2D eigenvalue weighted by atomic mass is 10.2. The molecule has 0 saturated heterocycles. The van der Waals surface area contributed by atoms with Gasteiger partial charge in [-0.3, -0.25) is 4.79 Å². The van der Waals surface area contributed by atoms with Gasteiger partial charge < -0.3 is 20.7 Å². The van der Waals surface area contributed by atoms with Gasteiger partial charge in [0.1, 0.15) is 0 Å². The molecule has 1 heterocycles. The molecule has 8 nitrogen and oxygen atoms in total. The number of rotatable bonds is 9. The zero-order valence-corrected chi connectivity index (χ0v) is 16.1. The van der Waals surface area contributed by atoms with Crippen molar-refractivity contribution in [3.05, 3.63) is 29.8 Å². The topological polar surface area (TPSA) is 101 Å². The number of hydrogen-bond donors (Lipinski definition) is 3. The summed E-state index contributed by atoms with van der Waals surface area (Å²) in [4.78, 5) is 22.8. The van der Waals surface area contributed by atoms with Gasteiger partial charge in [0, 0.05) is 12.2 Å². The van der Waals surface area contributed by atoms with E-state index in [1.165, 1.54) is 6.07 Å². The van der Waals surface area contributed by atoms with Crippen molar-refractivity contribution in [2.45, 2.75) is 25.7 Å². The molecule has 0 radical (unpaired) electrons. The van der Waals surface area contributed by atoms with Crippen LogP contribution >= 0.6 is 0 Å². The Labute approximate surface area is 172 Å². The van der Waals surface area contributed by atoms with Crippen LogP contribution in [0.4, 0.5) is 43.9 Å². The van der Waals surface area contributed by atoms with Crippen molar-refractivity contribution in [3.63, 3.8) is 0 Å². The maximum absolute atomic E-state index is 12.9. The Morgan fingerprint density at radius 2 is 1.77 bits per heavy atom. The fraction of sp³-hybridized carbons (Fsp3) is 0.412. The van der Waals surface area contributed by atoms with Gasteiger partial charge in [0.2, 0.25) is 17.8 Å². The highest BCUT2D eigenvalue weighted by molar-refractivity contribution is 5.80. The van der Waals surface area contributed by atoms with E-state index in [1.807, 2.05) is 6.92 Å². The quantitative estimate of drug-likeness (QED) is 0.501. The van der Waals surface area contributed by atoms with E-state index in [4.69, 9.17) is 0 Å². The number of nitrogens with one attached hydrogen (secondary N) is 3. The molecule has 31 heavy (non-hydrogen) atoms. The third kappa shape index (κ3) is 8.52. The van der Waals surface area contributed by atoms with Gasteiger partial charge in [0.05, 0.1) is 12.1 Å². The predicted octanol–water partition coefficient (Wildman–Crippen LogP) is 3.51. The molecule has 0 unspecified atom stereocenters. The predicted molar refractivity (Wildman–Crippen MR) is 97.9 cm³/mol. The number of halogens is 6. The number of carbonyl (C=O) groups excluding carboxylic acids is 1. The van der Waals surface area contributed by atoms with Crippen LogP contribution in [0.2, 0.25) is 0 Å². The Hall–Kier alpha value is -3.32. The van der Waals surface area contributed by atoms with E-state index >= 15 is 0 Å². The molecule has 0 saturated carbocycles. The standard InChI is InChI=1S/C17H18F6N6O2/c1-2-6-24-12(30)8-25-13-27-14(29-15(28-13)31-9-16(18,19)20)26-11-5-3-4-10(7-11)17(21,22)23/h3-5,7H,2,6,8-9H2,1H3,(H,24,30)(H2,25,26,27,28,29). The number of nitrogens with zero attached hydrogens (tertiary/aromatic N) is 3. The third-order valence-corrected chi connectivity index (χ3v) is 3.41. The second-order valence-corrected chi connectivity index (χ2v) is 6.08. The smallest absolute Gasteiger partial charge is 0.422 e. The second-order valence-electron chi connectivity index (χ2n) is 6.08. The molecule has 170 valence electrons. The largest absolute Gasteiger partial charge is 0.454 e. The minimum absolute atomic E-state index is 0.0746. The van der Waals surface area contributed by atoms with Crippen molar-refractivity contribution in [1.82, 2.24) is 20.3 Å². The molecule has 3 N–H and O–H groups in total. The molecule has 0 aliphatic heterocycles. The van der Waals surface area contributed by atoms with E-state index in [0.717, 1.165) is 18.2 Å². The van der Waals surface area contributed by atoms with Crippen molar-refractivity contribution < 1.29 is 35.9 Å². The Kier molecular flexibility index (Phi) is 7.83. The van der Waals surface area contributed by atoms with Gasteiger partial charge in [-0.1, -0.05) is 13.0 Å². The second kappa shape index (κ2) is 10.1. The minimum Gasteiger partial charge on any atom is -0.454 e. The fourth-order valence-corrected chi connectivity index (χ4v) is 2.09. The van der Waals surface area contributed by atoms with Crippen molar-refractivity contribution in [2.24, 2.45) is 0 Å². The Bertz CT molecular complexity index is 890. The van der Waals surface area contributed by atoms with Crippen LogP contribution in [0.25, 0.3) is 0 Å². The number of alkyl halides is 6. The summed E-state index contributed by atoms with van der Waals surface area (Å²) in [5.41, 5.74) is -1.03. The van der Waals surface area contributed by atoms with Crippen molar-refractivity contribution in [1.29, 1.82) is 0 Å². The fourth-order valence-electron chi connectivity index (χ4n) is 2.09. The first-order valence-corrected chi connectivity index (χ1v) is 8.87. The number of aromatic nitrogens is 3. The molecular formula is C17H18F6N6O2. The molecule has 0 aliphatic rings. The normalized spacial score (nSPS) is 11.7. The maximum Gasteiger partial charge on any atom is 0.422 e. The minimum atomic E-state index is -4.67. The van der Waals surface area contributed by atoms with E-state index in [1.54, 1.807) is 0 Å². The molecule has 0 atom stereocenters. The SMILES string of the molecule is CCCNC(=O)CNc1nc(Nc2cccc(C(F)(F)F)c2)nc(OCC(F)(F)F)n1. The van der Waals surface area contributed by atoms with Gasteiger partial charge >= 0.3 is 18.4 Å². The molecule has 0 spiro atoms. The lowest BCUT2D eigenvalue weighted by Gasteiger charge is -2.13. The van der Waals surface area contributed by atoms with Gasteiger partial charge in [-0.15, -0.1) is 0 Å². The monoisotopic (exact) mass is 452 g/mol. The molecular weight excluding hydrogens is 434 g/mol. The Morgan fingerprint density at radius 3 is 2.42 bits per heavy atom. The summed E-state index contributed by atoms with van der Waals surface area (Å²) in [5, 5.41) is 7.51. The van der Waals surface area contributed by atoms with Crippen molar-refractivity contribution >= 4 is 23.5 Å². The van der Waals surface area contributed by atoms with Gasteiger partial charge in [-0.25, -0.2) is 0 Å². The van der Waals surface area contributed by atoms with Crippen LogP contribution in [0.15, 0.2) is 24.3 Å². The van der Waals surface area contributed by atoms with Crippen LogP contribution in [-0.4, -0.2) is 46.7 Å². The first-order valence-electron chi connectivity index (χ1n) is 8.87. The molecule has 0 fully saturated rings. The average molecular weight is 452 g/mol. The molecule has 2 aromatic rings. The van der Waals surface area contributed by atoms with Gasteiger partial charge in [-0.05, 0) is 24.6 Å². The number of carbonyl (C=O) groups is 1. The number of benzene rings is 1. The summed E-state index contributed by atoms with van der Waals surface area (Å²) in [6.45, 7) is 0.262. The highest BCUT2D eigenvalue weighted by atomic mass is 19.4. The van der Waals surface area contributed by atoms with Crippen LogP contribution in [0.5, 0.6) is 6.01 Å². The van der Waals surface area contributed by atoms with Crippen molar-refractivity contribution in [3.8, 4) is 6.01 Å². The lowest BCUT2D eigenvalue weighted by molar-refractivity contribution is -0.154. The summed E-state index contributed by atoms with van der Waals surface area (Å²) >= 11 is 0. The molecule has 1 amide bonds. The summed E-state index contributed by atoms with van der Waals surface area (Å²) in [6.07, 6.45) is -8.58. The molecule has 1 aromatic heterocycles. The summed E-state index contributed by atoms with van der Waals surface area (Å²) in [5.74, 6) is -1.12. The third-order valence-electron chi connectivity index (χ3n) is 3.41. The van der Waals surface area contributed by atoms with Gasteiger partial charge in [-0.2, -0.15) is 41.3 Å². The van der Waals surface area contributed by atoms with E-state index in [9.17, 15) is 31.1 Å². The zero-order valence-electron chi connectivity index (χ0n) is 16.1. The molecule has 14 heteroatoms. The van der Waals surface area contributed by atoms with Crippen LogP contribution < -0.4 is 20.7 Å². The number of hydrogen-bond acceptors (Lipinski definition) is 7. The maximum atomic E-state index is 12.9. The first-order chi connectivity index (χ1) is 14.5. The summed E-state index contributed by atoms with van der Waals surface area (Å²) < 4.78 is 80.4. The molecule has 0 aliphatic carbocycles. The van der Waals surface area contributed by atoms with Gasteiger partial charge in [0.15, 0.2) is 6.61 Å². The highest BCUT2D eigenvalue weighted by Gasteiger charge is 2.31. The van der Waals surface area contributed by atoms with E-state index < -0.39 is 36.4 Å². The summed E-state index contributed by atoms with van der Waals surface area (Å²) in [6, 6.07) is 3.28. The Morgan fingerprint density at radius 1 is 1.06 bits per heavy atom. The first kappa shape index (κ1) is 24.0. The van der Waals surface area contributed by atoms with Gasteiger partial charge in [0.25, 0.3) is 0 Å². The van der Waals surface area contributed by atoms with Crippen LogP contribution in [-0.2, 0) is 11.0 Å². The Balaban J connectivity index is 2.23. The zero-order chi connectivity index (χ0) is 23.1. The van der Waals surface area contributed by atoms with E-state index in [0.29, 0.717) is 13.0 Å². The number of anilines is 3. The van der Waals surface area contributed by atoms with Crippen LogP contribution in [0.3, 0.4) is 0 Å². The number of ether oxygens (including phenoxy) is 1. The molecule has 1 aromatic carbocycles. The average Bonchev–Trinajstić information content (AvgIpc) is 2.68. The molecule has 0 bridgehead atoms. The van der Waals surface area contributed by atoms with Crippen LogP contribution in [0, 0.1) is 0 Å².